The number of amides is 1. The normalized spacial score (nSPS) is 22.4. The minimum atomic E-state index is -5.11. The third-order valence-corrected chi connectivity index (χ3v) is 10.6. The number of allylic oxidation sites excluding steroid dienone is 1. The molecule has 1 aliphatic rings. The highest BCUT2D eigenvalue weighted by Crippen LogP contribution is 2.26. The van der Waals surface area contributed by atoms with Gasteiger partial charge in [0.2, 0.25) is 5.91 Å². The molecule has 8 atom stereocenters. The molecule has 0 saturated carbocycles. The number of carbonyl (C=O) groups excluding carboxylic acids is 1. The molecule has 1 rings (SSSR count). The van der Waals surface area contributed by atoms with E-state index in [9.17, 15) is 38.7 Å². The highest BCUT2D eigenvalue weighted by atomic mass is 32.3. The first-order chi connectivity index (χ1) is 25.9. The molecule has 54 heavy (non-hydrogen) atoms. The van der Waals surface area contributed by atoms with Crippen molar-refractivity contribution in [3.63, 3.8) is 0 Å². The summed E-state index contributed by atoms with van der Waals surface area (Å²) in [7, 11) is -5.11. The Labute approximate surface area is 326 Å². The predicted molar refractivity (Wildman–Crippen MR) is 210 cm³/mol. The Kier molecular flexibility index (Phi) is 30.0. The Hall–Kier alpha value is -1.20. The Morgan fingerprint density at radius 1 is 0.741 bits per heavy atom. The van der Waals surface area contributed by atoms with Crippen LogP contribution in [-0.2, 0) is 28.9 Å². The molecule has 320 valence electrons. The highest BCUT2D eigenvalue weighted by molar-refractivity contribution is 7.80. The Bertz CT molecular complexity index is 1050. The third kappa shape index (κ3) is 24.4. The highest BCUT2D eigenvalue weighted by Gasteiger charge is 2.48. The smallest absolute Gasteiger partial charge is 0.394 e. The first kappa shape index (κ1) is 50.8. The van der Waals surface area contributed by atoms with E-state index in [4.69, 9.17) is 14.0 Å². The summed E-state index contributed by atoms with van der Waals surface area (Å²) in [5.74, 6) is -0.703. The summed E-state index contributed by atoms with van der Waals surface area (Å²) in [5, 5.41) is 54.9. The van der Waals surface area contributed by atoms with Crippen molar-refractivity contribution in [2.45, 2.75) is 223 Å². The molecule has 1 saturated heterocycles. The van der Waals surface area contributed by atoms with Gasteiger partial charge in [-0.3, -0.25) is 9.35 Å². The molecule has 1 heterocycles. The van der Waals surface area contributed by atoms with Crippen molar-refractivity contribution in [2.75, 3.05) is 13.2 Å². The number of aliphatic hydroxyl groups is 5. The summed E-state index contributed by atoms with van der Waals surface area (Å²) in [5.41, 5.74) is 0. The van der Waals surface area contributed by atoms with E-state index in [1.165, 1.54) is 109 Å². The van der Waals surface area contributed by atoms with E-state index in [2.05, 4.69) is 23.3 Å². The van der Waals surface area contributed by atoms with Gasteiger partial charge in [0.1, 0.15) is 30.5 Å². The van der Waals surface area contributed by atoms with Gasteiger partial charge in [-0.2, -0.15) is 8.42 Å². The Balaban J connectivity index is 2.58. The van der Waals surface area contributed by atoms with Crippen LogP contribution in [0.5, 0.6) is 0 Å². The molecular formula is C40H77NO12S. The van der Waals surface area contributed by atoms with Crippen LogP contribution < -0.4 is 5.32 Å². The van der Waals surface area contributed by atoms with Crippen LogP contribution in [0.25, 0.3) is 0 Å². The summed E-state index contributed by atoms with van der Waals surface area (Å²) < 4.78 is 47.3. The van der Waals surface area contributed by atoms with E-state index < -0.39 is 78.5 Å². The second-order valence-corrected chi connectivity index (χ2v) is 16.1. The minimum Gasteiger partial charge on any atom is -0.394 e. The van der Waals surface area contributed by atoms with Crippen LogP contribution in [0.4, 0.5) is 0 Å². The summed E-state index contributed by atoms with van der Waals surface area (Å²) in [6.45, 7) is 3.16. The van der Waals surface area contributed by atoms with Crippen LogP contribution in [0, 0.1) is 0 Å². The lowest BCUT2D eigenvalue weighted by Crippen LogP contribution is -2.61. The number of nitrogens with one attached hydrogen (secondary N) is 1. The average Bonchev–Trinajstić information content (AvgIpc) is 3.14. The van der Waals surface area contributed by atoms with E-state index in [0.717, 1.165) is 38.5 Å². The zero-order valence-corrected chi connectivity index (χ0v) is 34.2. The van der Waals surface area contributed by atoms with Crippen molar-refractivity contribution >= 4 is 16.3 Å². The van der Waals surface area contributed by atoms with Gasteiger partial charge in [0, 0.05) is 0 Å². The number of rotatable bonds is 35. The second-order valence-electron chi connectivity index (χ2n) is 15.1. The number of aliphatic hydroxyl groups excluding tert-OH is 5. The van der Waals surface area contributed by atoms with Crippen LogP contribution in [-0.4, -0.2) is 107 Å². The first-order valence-electron chi connectivity index (χ1n) is 21.2. The first-order valence-corrected chi connectivity index (χ1v) is 22.5. The second kappa shape index (κ2) is 31.8. The molecule has 0 spiro atoms. The van der Waals surface area contributed by atoms with Gasteiger partial charge in [-0.15, -0.1) is 0 Å². The maximum atomic E-state index is 13.0. The van der Waals surface area contributed by atoms with Crippen LogP contribution in [0.15, 0.2) is 12.2 Å². The van der Waals surface area contributed by atoms with Gasteiger partial charge in [0.05, 0.1) is 25.4 Å². The van der Waals surface area contributed by atoms with E-state index in [0.29, 0.717) is 12.8 Å². The Morgan fingerprint density at radius 3 is 1.67 bits per heavy atom. The Morgan fingerprint density at radius 2 is 1.20 bits per heavy atom. The number of ether oxygens (including phenoxy) is 2. The molecule has 14 heteroatoms. The van der Waals surface area contributed by atoms with Crippen LogP contribution in [0.2, 0.25) is 0 Å². The molecule has 1 aliphatic heterocycles. The summed E-state index contributed by atoms with van der Waals surface area (Å²) in [4.78, 5) is 13.0. The average molecular weight is 796 g/mol. The standard InChI is InChI=1S/C40H77NO12S/c1-3-5-7-9-11-13-14-15-16-17-18-19-21-23-25-27-29-34(44)39(47)41-32(33(43)28-26-24-22-20-12-10-8-6-4-2)31-51-40-37(46)38(53-54(48,49)50)36(45)35(30-42)52-40/h26,28,32-38,40,42-46H,3-25,27,29-31H2,1-2H3,(H,41,47)(H,48,49,50)/b28-26+. The lowest BCUT2D eigenvalue weighted by atomic mass is 9.99. The van der Waals surface area contributed by atoms with Gasteiger partial charge >= 0.3 is 10.4 Å². The molecule has 1 amide bonds. The number of carbonyl (C=O) groups is 1. The fourth-order valence-electron chi connectivity index (χ4n) is 6.75. The lowest BCUT2D eigenvalue weighted by Gasteiger charge is -2.41. The molecule has 8 unspecified atom stereocenters. The zero-order valence-electron chi connectivity index (χ0n) is 33.4. The van der Waals surface area contributed by atoms with Gasteiger partial charge in [0.25, 0.3) is 0 Å². The van der Waals surface area contributed by atoms with Crippen molar-refractivity contribution in [2.24, 2.45) is 0 Å². The van der Waals surface area contributed by atoms with E-state index >= 15 is 0 Å². The van der Waals surface area contributed by atoms with E-state index in [-0.39, 0.29) is 6.42 Å². The molecular weight excluding hydrogens is 719 g/mol. The van der Waals surface area contributed by atoms with Gasteiger partial charge in [-0.1, -0.05) is 167 Å². The maximum Gasteiger partial charge on any atom is 0.397 e. The summed E-state index contributed by atoms with van der Waals surface area (Å²) in [6.07, 6.45) is 20.3. The van der Waals surface area contributed by atoms with Crippen LogP contribution >= 0.6 is 0 Å². The number of hydrogen-bond donors (Lipinski definition) is 7. The van der Waals surface area contributed by atoms with E-state index in [1.807, 2.05) is 6.08 Å². The van der Waals surface area contributed by atoms with Gasteiger partial charge in [-0.25, -0.2) is 4.18 Å². The van der Waals surface area contributed by atoms with Crippen molar-refractivity contribution in [3.8, 4) is 0 Å². The van der Waals surface area contributed by atoms with Gasteiger partial charge in [-0.05, 0) is 19.3 Å². The topological polar surface area (TPSA) is 212 Å². The van der Waals surface area contributed by atoms with Crippen LogP contribution in [0.1, 0.15) is 174 Å². The number of hydrogen-bond acceptors (Lipinski definition) is 11. The van der Waals surface area contributed by atoms with Crippen molar-refractivity contribution in [1.82, 2.24) is 5.32 Å². The van der Waals surface area contributed by atoms with Crippen molar-refractivity contribution in [1.29, 1.82) is 0 Å². The molecule has 13 nitrogen and oxygen atoms in total. The fourth-order valence-corrected chi connectivity index (χ4v) is 7.26. The molecule has 1 fully saturated rings. The zero-order chi connectivity index (χ0) is 40.0. The summed E-state index contributed by atoms with van der Waals surface area (Å²) in [6, 6.07) is -1.11. The quantitative estimate of drug-likeness (QED) is 0.0218. The minimum absolute atomic E-state index is 0.247. The van der Waals surface area contributed by atoms with Gasteiger partial charge < -0.3 is 40.3 Å². The lowest BCUT2D eigenvalue weighted by molar-refractivity contribution is -0.298. The molecule has 0 aromatic carbocycles. The van der Waals surface area contributed by atoms with Crippen molar-refractivity contribution in [3.05, 3.63) is 12.2 Å². The predicted octanol–water partition coefficient (Wildman–Crippen LogP) is 6.19. The molecule has 0 bridgehead atoms. The monoisotopic (exact) mass is 796 g/mol. The molecule has 0 aromatic rings. The van der Waals surface area contributed by atoms with Crippen molar-refractivity contribution < 1.29 is 57.0 Å². The molecule has 0 aromatic heterocycles. The molecule has 0 aliphatic carbocycles. The summed E-state index contributed by atoms with van der Waals surface area (Å²) >= 11 is 0. The molecule has 0 radical (unpaired) electrons. The molecule has 7 N–H and O–H groups in total. The maximum absolute atomic E-state index is 13.0. The van der Waals surface area contributed by atoms with E-state index in [1.54, 1.807) is 0 Å². The SMILES string of the molecule is CCCCCCCCC/C=C/C(O)C(COC1OC(CO)C(O)C(OS(=O)(=O)O)C1O)NC(=O)C(O)CCCCCCCCCCCCCCCCCC. The largest absolute Gasteiger partial charge is 0.397 e. The van der Waals surface area contributed by atoms with Gasteiger partial charge in [0.15, 0.2) is 6.29 Å². The third-order valence-electron chi connectivity index (χ3n) is 10.2. The van der Waals surface area contributed by atoms with Crippen LogP contribution in [0.3, 0.4) is 0 Å². The number of unbranched alkanes of at least 4 members (excludes halogenated alkanes) is 22. The fraction of sp³-hybridized carbons (Fsp3) is 0.925.